The molecule has 18 heavy (non-hydrogen) atoms. The highest BCUT2D eigenvalue weighted by Crippen LogP contribution is 2.48. The maximum atomic E-state index is 6.40. The van der Waals surface area contributed by atoms with Gasteiger partial charge in [0.15, 0.2) is 0 Å². The highest BCUT2D eigenvalue weighted by atomic mass is 35.5. The van der Waals surface area contributed by atoms with Crippen molar-refractivity contribution >= 4 is 11.6 Å². The van der Waals surface area contributed by atoms with Gasteiger partial charge in [-0.05, 0) is 51.6 Å². The summed E-state index contributed by atoms with van der Waals surface area (Å²) < 4.78 is 5.49. The first-order valence-electron chi connectivity index (χ1n) is 6.18. The Morgan fingerprint density at radius 2 is 2.00 bits per heavy atom. The molecule has 1 aromatic rings. The second-order valence-corrected chi connectivity index (χ2v) is 5.85. The van der Waals surface area contributed by atoms with E-state index in [-0.39, 0.29) is 11.6 Å². The van der Waals surface area contributed by atoms with E-state index in [1.807, 2.05) is 33.2 Å². The molecule has 0 aromatic heterocycles. The zero-order chi connectivity index (χ0) is 13.5. The molecule has 4 heteroatoms. The second kappa shape index (κ2) is 4.72. The summed E-state index contributed by atoms with van der Waals surface area (Å²) in [5.41, 5.74) is 8.36. The number of nitrogens with two attached hydrogens (primary N) is 1. The number of methoxy groups -OCH3 is 1. The number of nitrogens with zero attached hydrogens (tertiary/aromatic N) is 1. The molecule has 1 aromatic carbocycles. The van der Waals surface area contributed by atoms with Crippen molar-refractivity contribution in [3.05, 3.63) is 28.3 Å². The van der Waals surface area contributed by atoms with Gasteiger partial charge in [0.1, 0.15) is 5.75 Å². The molecule has 0 heterocycles. The highest BCUT2D eigenvalue weighted by molar-refractivity contribution is 6.31. The third kappa shape index (κ3) is 2.35. The van der Waals surface area contributed by atoms with Gasteiger partial charge in [-0.1, -0.05) is 11.6 Å². The molecule has 0 saturated heterocycles. The van der Waals surface area contributed by atoms with Gasteiger partial charge >= 0.3 is 0 Å². The van der Waals surface area contributed by atoms with Crippen LogP contribution in [-0.4, -0.2) is 31.6 Å². The third-order valence-corrected chi connectivity index (χ3v) is 4.10. The molecule has 0 bridgehead atoms. The fourth-order valence-electron chi connectivity index (χ4n) is 2.58. The van der Waals surface area contributed by atoms with Gasteiger partial charge in [0, 0.05) is 16.1 Å². The fourth-order valence-corrected chi connectivity index (χ4v) is 2.75. The molecule has 1 atom stereocenters. The molecule has 1 unspecified atom stereocenters. The van der Waals surface area contributed by atoms with Gasteiger partial charge in [-0.2, -0.15) is 0 Å². The Balaban J connectivity index is 2.50. The van der Waals surface area contributed by atoms with Crippen molar-refractivity contribution in [1.29, 1.82) is 0 Å². The maximum absolute atomic E-state index is 6.40. The summed E-state index contributed by atoms with van der Waals surface area (Å²) in [4.78, 5) is 2.15. The number of likely N-dealkylation sites (N-methyl/N-ethyl adjacent to an activating group) is 1. The fraction of sp³-hybridized carbons (Fsp3) is 0.571. The Morgan fingerprint density at radius 1 is 1.39 bits per heavy atom. The lowest BCUT2D eigenvalue weighted by atomic mass is 9.95. The van der Waals surface area contributed by atoms with Crippen molar-refractivity contribution < 1.29 is 4.74 Å². The molecule has 1 fully saturated rings. The van der Waals surface area contributed by atoms with Crippen LogP contribution >= 0.6 is 11.6 Å². The topological polar surface area (TPSA) is 38.5 Å². The van der Waals surface area contributed by atoms with E-state index < -0.39 is 0 Å². The molecular formula is C14H21ClN2O. The molecule has 1 saturated carbocycles. The summed E-state index contributed by atoms with van der Waals surface area (Å²) in [6.45, 7) is 1.98. The molecule has 2 rings (SSSR count). The van der Waals surface area contributed by atoms with Crippen molar-refractivity contribution in [2.24, 2.45) is 5.73 Å². The van der Waals surface area contributed by atoms with Gasteiger partial charge in [-0.3, -0.25) is 0 Å². The minimum atomic E-state index is -0.143. The predicted octanol–water partition coefficient (Wildman–Crippen LogP) is 2.75. The summed E-state index contributed by atoms with van der Waals surface area (Å²) in [5.74, 6) is 0.868. The van der Waals surface area contributed by atoms with E-state index in [9.17, 15) is 0 Å². The lowest BCUT2D eigenvalue weighted by molar-refractivity contribution is 0.239. The number of aryl methyl sites for hydroxylation is 1. The first-order valence-corrected chi connectivity index (χ1v) is 6.56. The summed E-state index contributed by atoms with van der Waals surface area (Å²) in [6.07, 6.45) is 2.09. The average Bonchev–Trinajstić information content (AvgIpc) is 3.01. The quantitative estimate of drug-likeness (QED) is 0.913. The van der Waals surface area contributed by atoms with Crippen LogP contribution in [0.1, 0.15) is 30.0 Å². The van der Waals surface area contributed by atoms with Crippen molar-refractivity contribution in [3.8, 4) is 5.75 Å². The first-order chi connectivity index (χ1) is 8.39. The SMILES string of the molecule is COc1cc(C)c(Cl)cc1C(N(C)C)C1(N)CC1. The standard InChI is InChI=1S/C14H21ClN2O/c1-9-7-12(18-4)10(8-11(9)15)13(17(2)3)14(16)5-6-14/h7-8,13H,5-6,16H2,1-4H3. The summed E-state index contributed by atoms with van der Waals surface area (Å²) in [5, 5.41) is 0.766. The summed E-state index contributed by atoms with van der Waals surface area (Å²) in [6, 6.07) is 4.12. The molecule has 1 aliphatic carbocycles. The lowest BCUT2D eigenvalue weighted by Crippen LogP contribution is -2.39. The van der Waals surface area contributed by atoms with Crippen molar-refractivity contribution in [1.82, 2.24) is 4.90 Å². The van der Waals surface area contributed by atoms with Crippen LogP contribution in [0.4, 0.5) is 0 Å². The van der Waals surface area contributed by atoms with Crippen LogP contribution in [0.3, 0.4) is 0 Å². The normalized spacial score (nSPS) is 18.8. The Bertz CT molecular complexity index is 455. The zero-order valence-corrected chi connectivity index (χ0v) is 12.2. The summed E-state index contributed by atoms with van der Waals surface area (Å²) in [7, 11) is 5.78. The molecule has 0 amide bonds. The van der Waals surface area contributed by atoms with E-state index in [0.717, 1.165) is 34.7 Å². The van der Waals surface area contributed by atoms with Gasteiger partial charge in [-0.25, -0.2) is 0 Å². The zero-order valence-electron chi connectivity index (χ0n) is 11.5. The monoisotopic (exact) mass is 268 g/mol. The van der Waals surface area contributed by atoms with Crippen LogP contribution in [0.15, 0.2) is 12.1 Å². The van der Waals surface area contributed by atoms with Crippen LogP contribution in [0.25, 0.3) is 0 Å². The number of ether oxygens (including phenoxy) is 1. The van der Waals surface area contributed by atoms with Crippen LogP contribution in [-0.2, 0) is 0 Å². The van der Waals surface area contributed by atoms with Gasteiger partial charge in [0.2, 0.25) is 0 Å². The lowest BCUT2D eigenvalue weighted by Gasteiger charge is -2.32. The van der Waals surface area contributed by atoms with Crippen LogP contribution in [0.5, 0.6) is 5.75 Å². The van der Waals surface area contributed by atoms with E-state index in [2.05, 4.69) is 4.90 Å². The number of hydrogen-bond acceptors (Lipinski definition) is 3. The van der Waals surface area contributed by atoms with E-state index in [4.69, 9.17) is 22.1 Å². The van der Waals surface area contributed by atoms with Crippen molar-refractivity contribution in [2.45, 2.75) is 31.3 Å². The van der Waals surface area contributed by atoms with Crippen molar-refractivity contribution in [2.75, 3.05) is 21.2 Å². The molecule has 2 N–H and O–H groups in total. The predicted molar refractivity (Wildman–Crippen MR) is 75.3 cm³/mol. The minimum Gasteiger partial charge on any atom is -0.496 e. The summed E-state index contributed by atoms with van der Waals surface area (Å²) >= 11 is 6.25. The van der Waals surface area contributed by atoms with Crippen LogP contribution in [0.2, 0.25) is 5.02 Å². The van der Waals surface area contributed by atoms with Crippen molar-refractivity contribution in [3.63, 3.8) is 0 Å². The van der Waals surface area contributed by atoms with Gasteiger partial charge < -0.3 is 15.4 Å². The molecule has 1 aliphatic rings. The van der Waals surface area contributed by atoms with E-state index in [1.54, 1.807) is 7.11 Å². The average molecular weight is 269 g/mol. The highest BCUT2D eigenvalue weighted by Gasteiger charge is 2.48. The molecule has 3 nitrogen and oxygen atoms in total. The third-order valence-electron chi connectivity index (χ3n) is 3.69. The van der Waals surface area contributed by atoms with E-state index in [0.29, 0.717) is 0 Å². The molecule has 0 spiro atoms. The van der Waals surface area contributed by atoms with Crippen LogP contribution in [0, 0.1) is 6.92 Å². The van der Waals surface area contributed by atoms with Gasteiger partial charge in [0.25, 0.3) is 0 Å². The first kappa shape index (κ1) is 13.7. The van der Waals surface area contributed by atoms with E-state index in [1.165, 1.54) is 0 Å². The smallest absolute Gasteiger partial charge is 0.124 e. The Morgan fingerprint density at radius 3 is 2.44 bits per heavy atom. The van der Waals surface area contributed by atoms with Gasteiger partial charge in [0.05, 0.1) is 13.2 Å². The number of halogens is 1. The molecule has 0 radical (unpaired) electrons. The Kier molecular flexibility index (Phi) is 3.58. The number of rotatable bonds is 4. The maximum Gasteiger partial charge on any atom is 0.124 e. The molecule has 100 valence electrons. The largest absolute Gasteiger partial charge is 0.496 e. The Labute approximate surface area is 114 Å². The minimum absolute atomic E-state index is 0.143. The number of benzene rings is 1. The number of hydrogen-bond donors (Lipinski definition) is 1. The molecular weight excluding hydrogens is 248 g/mol. The Hall–Kier alpha value is -0.770. The van der Waals surface area contributed by atoms with E-state index >= 15 is 0 Å². The molecule has 0 aliphatic heterocycles. The van der Waals surface area contributed by atoms with Gasteiger partial charge in [-0.15, -0.1) is 0 Å². The van der Waals surface area contributed by atoms with Crippen LogP contribution < -0.4 is 10.5 Å². The second-order valence-electron chi connectivity index (χ2n) is 5.44.